The molecule has 1 saturated heterocycles. The maximum Gasteiger partial charge on any atom is 0.255 e. The highest BCUT2D eigenvalue weighted by Gasteiger charge is 2.27. The van der Waals surface area contributed by atoms with E-state index < -0.39 is 10.0 Å². The molecule has 0 saturated carbocycles. The molecule has 1 fully saturated rings. The minimum absolute atomic E-state index is 0.225. The van der Waals surface area contributed by atoms with Crippen LogP contribution < -0.4 is 5.32 Å². The van der Waals surface area contributed by atoms with Gasteiger partial charge < -0.3 is 9.88 Å². The normalized spacial score (nSPS) is 16.4. The molecule has 2 aliphatic rings. The van der Waals surface area contributed by atoms with E-state index in [0.717, 1.165) is 49.3 Å². The number of imidazole rings is 1. The van der Waals surface area contributed by atoms with E-state index in [4.69, 9.17) is 0 Å². The van der Waals surface area contributed by atoms with Gasteiger partial charge in [-0.15, -0.1) is 0 Å². The highest BCUT2D eigenvalue weighted by atomic mass is 32.2. The minimum Gasteiger partial charge on any atom is -0.328 e. The Hall–Kier alpha value is -2.97. The van der Waals surface area contributed by atoms with Gasteiger partial charge in [0.1, 0.15) is 5.82 Å². The molecule has 160 valence electrons. The number of amides is 1. The topological polar surface area (TPSA) is 84.3 Å². The molecular formula is C23H24N4O3S. The fraction of sp³-hybridized carbons (Fsp3) is 0.304. The Balaban J connectivity index is 1.32. The first-order valence-electron chi connectivity index (χ1n) is 10.6. The van der Waals surface area contributed by atoms with Gasteiger partial charge in [0.2, 0.25) is 10.0 Å². The van der Waals surface area contributed by atoms with Crippen LogP contribution in [0.4, 0.5) is 5.69 Å². The van der Waals surface area contributed by atoms with Gasteiger partial charge in [0.15, 0.2) is 0 Å². The van der Waals surface area contributed by atoms with Crippen molar-refractivity contribution >= 4 is 21.6 Å². The third-order valence-electron chi connectivity index (χ3n) is 5.96. The van der Waals surface area contributed by atoms with Crippen LogP contribution in [-0.4, -0.2) is 41.3 Å². The molecule has 0 unspecified atom stereocenters. The number of aromatic nitrogens is 2. The van der Waals surface area contributed by atoms with Crippen LogP contribution in [0.2, 0.25) is 0 Å². The quantitative estimate of drug-likeness (QED) is 0.663. The molecule has 5 rings (SSSR count). The van der Waals surface area contributed by atoms with Gasteiger partial charge in [-0.3, -0.25) is 4.79 Å². The molecule has 1 amide bonds. The van der Waals surface area contributed by atoms with Gasteiger partial charge in [-0.1, -0.05) is 12.1 Å². The lowest BCUT2D eigenvalue weighted by atomic mass is 10.1. The summed E-state index contributed by atoms with van der Waals surface area (Å²) in [6.45, 7) is 2.08. The Morgan fingerprint density at radius 2 is 1.74 bits per heavy atom. The molecule has 1 aromatic heterocycles. The number of hydrogen-bond donors (Lipinski definition) is 1. The van der Waals surface area contributed by atoms with Crippen LogP contribution in [0.3, 0.4) is 0 Å². The van der Waals surface area contributed by atoms with Crippen LogP contribution >= 0.6 is 0 Å². The maximum atomic E-state index is 12.7. The number of rotatable bonds is 5. The minimum atomic E-state index is -3.48. The predicted molar refractivity (Wildman–Crippen MR) is 118 cm³/mol. The van der Waals surface area contributed by atoms with Crippen molar-refractivity contribution in [2.75, 3.05) is 18.4 Å². The molecule has 0 atom stereocenters. The predicted octanol–water partition coefficient (Wildman–Crippen LogP) is 3.53. The van der Waals surface area contributed by atoms with Crippen molar-refractivity contribution in [2.24, 2.45) is 0 Å². The Kier molecular flexibility index (Phi) is 5.11. The van der Waals surface area contributed by atoms with Crippen molar-refractivity contribution in [3.8, 4) is 11.3 Å². The lowest BCUT2D eigenvalue weighted by molar-refractivity contribution is 0.102. The first-order chi connectivity index (χ1) is 15.0. The highest BCUT2D eigenvalue weighted by molar-refractivity contribution is 7.89. The van der Waals surface area contributed by atoms with Crippen LogP contribution in [0.1, 0.15) is 35.4 Å². The molecule has 2 aromatic carbocycles. The summed E-state index contributed by atoms with van der Waals surface area (Å²) in [5, 5.41) is 2.91. The SMILES string of the molecule is O=C(Nc1cccc(-c2cnc3n2CCC3)c1)c1ccc(S(=O)(=O)N2CCCC2)cc1. The maximum absolute atomic E-state index is 12.7. The van der Waals surface area contributed by atoms with E-state index in [1.165, 1.54) is 16.4 Å². The van der Waals surface area contributed by atoms with Crippen molar-refractivity contribution < 1.29 is 13.2 Å². The van der Waals surface area contributed by atoms with E-state index in [-0.39, 0.29) is 10.8 Å². The molecule has 8 heteroatoms. The molecule has 2 aliphatic heterocycles. The summed E-state index contributed by atoms with van der Waals surface area (Å²) in [7, 11) is -3.48. The van der Waals surface area contributed by atoms with E-state index in [1.54, 1.807) is 12.1 Å². The molecule has 3 aromatic rings. The number of carbonyl (C=O) groups excluding carboxylic acids is 1. The van der Waals surface area contributed by atoms with Crippen molar-refractivity contribution in [2.45, 2.75) is 37.1 Å². The van der Waals surface area contributed by atoms with E-state index >= 15 is 0 Å². The van der Waals surface area contributed by atoms with Crippen LogP contribution in [0.5, 0.6) is 0 Å². The molecule has 0 spiro atoms. The second kappa shape index (κ2) is 7.94. The first kappa shape index (κ1) is 20.0. The Morgan fingerprint density at radius 3 is 2.52 bits per heavy atom. The number of fused-ring (bicyclic) bond motifs is 1. The van der Waals surface area contributed by atoms with E-state index in [0.29, 0.717) is 24.3 Å². The molecular weight excluding hydrogens is 412 g/mol. The molecule has 0 aliphatic carbocycles. The summed E-state index contributed by atoms with van der Waals surface area (Å²) in [6, 6.07) is 13.8. The number of nitrogens with one attached hydrogen (secondary N) is 1. The standard InChI is InChI=1S/C23H24N4O3S/c28-23(17-8-10-20(11-9-17)31(29,30)26-12-1-2-13-26)25-19-6-3-5-18(15-19)21-16-24-22-7-4-14-27(21)22/h3,5-6,8-11,15-16H,1-2,4,7,12-14H2,(H,25,28). The number of carbonyl (C=O) groups is 1. The van der Waals surface area contributed by atoms with E-state index in [9.17, 15) is 13.2 Å². The van der Waals surface area contributed by atoms with E-state index in [2.05, 4.69) is 14.9 Å². The average molecular weight is 437 g/mol. The van der Waals surface area contributed by atoms with Gasteiger partial charge in [-0.05, 0) is 55.7 Å². The van der Waals surface area contributed by atoms with Gasteiger partial charge in [0, 0.05) is 42.9 Å². The van der Waals surface area contributed by atoms with Gasteiger partial charge in [-0.2, -0.15) is 4.31 Å². The zero-order valence-corrected chi connectivity index (χ0v) is 17.9. The highest BCUT2D eigenvalue weighted by Crippen LogP contribution is 2.28. The molecule has 0 bridgehead atoms. The van der Waals surface area contributed by atoms with Crippen molar-refractivity contribution in [3.05, 3.63) is 66.1 Å². The number of sulfonamides is 1. The van der Waals surface area contributed by atoms with Crippen molar-refractivity contribution in [3.63, 3.8) is 0 Å². The summed E-state index contributed by atoms with van der Waals surface area (Å²) < 4.78 is 29.0. The Labute approximate surface area is 181 Å². The Morgan fingerprint density at radius 1 is 0.968 bits per heavy atom. The summed E-state index contributed by atoms with van der Waals surface area (Å²) in [5.74, 6) is 0.828. The molecule has 0 radical (unpaired) electrons. The fourth-order valence-electron chi connectivity index (χ4n) is 4.30. The number of hydrogen-bond acceptors (Lipinski definition) is 4. The fourth-order valence-corrected chi connectivity index (χ4v) is 5.82. The van der Waals surface area contributed by atoms with Gasteiger partial charge >= 0.3 is 0 Å². The van der Waals surface area contributed by atoms with Crippen LogP contribution in [0.15, 0.2) is 59.6 Å². The number of aryl methyl sites for hydroxylation is 1. The van der Waals surface area contributed by atoms with E-state index in [1.807, 2.05) is 30.5 Å². The molecule has 1 N–H and O–H groups in total. The lowest BCUT2D eigenvalue weighted by Crippen LogP contribution is -2.27. The zero-order valence-electron chi connectivity index (χ0n) is 17.1. The average Bonchev–Trinajstić information content (AvgIpc) is 3.52. The van der Waals surface area contributed by atoms with Gasteiger partial charge in [-0.25, -0.2) is 13.4 Å². The lowest BCUT2D eigenvalue weighted by Gasteiger charge is -2.15. The van der Waals surface area contributed by atoms with Crippen LogP contribution in [0, 0.1) is 0 Å². The Bertz CT molecular complexity index is 1230. The van der Waals surface area contributed by atoms with Crippen molar-refractivity contribution in [1.82, 2.24) is 13.9 Å². The van der Waals surface area contributed by atoms with Crippen molar-refractivity contribution in [1.29, 1.82) is 0 Å². The smallest absolute Gasteiger partial charge is 0.255 e. The molecule has 7 nitrogen and oxygen atoms in total. The van der Waals surface area contributed by atoms with Gasteiger partial charge in [0.25, 0.3) is 5.91 Å². The summed E-state index contributed by atoms with van der Waals surface area (Å²) >= 11 is 0. The summed E-state index contributed by atoms with van der Waals surface area (Å²) in [6.07, 6.45) is 5.77. The summed E-state index contributed by atoms with van der Waals surface area (Å²) in [4.78, 5) is 17.4. The number of benzene rings is 2. The second-order valence-corrected chi connectivity index (χ2v) is 9.92. The van der Waals surface area contributed by atoms with Crippen LogP contribution in [-0.2, 0) is 23.0 Å². The third-order valence-corrected chi connectivity index (χ3v) is 7.87. The summed E-state index contributed by atoms with van der Waals surface area (Å²) in [5.41, 5.74) is 3.16. The second-order valence-electron chi connectivity index (χ2n) is 7.99. The first-order valence-corrected chi connectivity index (χ1v) is 12.0. The van der Waals surface area contributed by atoms with Gasteiger partial charge in [0.05, 0.1) is 16.8 Å². The monoisotopic (exact) mass is 436 g/mol. The third kappa shape index (κ3) is 3.77. The zero-order chi connectivity index (χ0) is 21.4. The largest absolute Gasteiger partial charge is 0.328 e. The number of anilines is 1. The van der Waals surface area contributed by atoms with Crippen LogP contribution in [0.25, 0.3) is 11.3 Å². The molecule has 3 heterocycles. The number of nitrogens with zero attached hydrogens (tertiary/aromatic N) is 3. The molecule has 31 heavy (non-hydrogen) atoms.